The van der Waals surface area contributed by atoms with Crippen molar-refractivity contribution in [2.75, 3.05) is 24.6 Å². The molecule has 0 unspecified atom stereocenters. The first kappa shape index (κ1) is 19.8. The molecule has 1 fully saturated rings. The number of piperidine rings is 1. The number of hydrogen-bond acceptors (Lipinski definition) is 6. The van der Waals surface area contributed by atoms with E-state index in [1.807, 2.05) is 24.7 Å². The van der Waals surface area contributed by atoms with Gasteiger partial charge in [0.05, 0.1) is 30.2 Å². The topological polar surface area (TPSA) is 85.2 Å². The summed E-state index contributed by atoms with van der Waals surface area (Å²) < 4.78 is 7.41. The van der Waals surface area contributed by atoms with Crippen LogP contribution in [0.25, 0.3) is 0 Å². The van der Waals surface area contributed by atoms with Gasteiger partial charge in [0.25, 0.3) is 5.91 Å². The first-order valence-corrected chi connectivity index (χ1v) is 10.6. The SMILES string of the molecule is CCCn1nc(C)c(C(=O)N[C@@H]2CCCN(c3ncc4c(n3)CCOC4)C2)c1C. The summed E-state index contributed by atoms with van der Waals surface area (Å²) in [7, 11) is 0. The predicted molar refractivity (Wildman–Crippen MR) is 110 cm³/mol. The lowest BCUT2D eigenvalue weighted by atomic mass is 10.0. The highest BCUT2D eigenvalue weighted by Gasteiger charge is 2.26. The molecule has 0 spiro atoms. The molecule has 1 atom stereocenters. The minimum Gasteiger partial charge on any atom is -0.376 e. The van der Waals surface area contributed by atoms with Gasteiger partial charge in [-0.2, -0.15) is 5.10 Å². The van der Waals surface area contributed by atoms with Crippen LogP contribution in [0.2, 0.25) is 0 Å². The minimum atomic E-state index is -0.0299. The Morgan fingerprint density at radius 3 is 3.07 bits per heavy atom. The molecule has 29 heavy (non-hydrogen) atoms. The molecule has 0 saturated carbocycles. The van der Waals surface area contributed by atoms with Crippen molar-refractivity contribution in [2.45, 2.75) is 65.6 Å². The zero-order valence-corrected chi connectivity index (χ0v) is 17.6. The third-order valence-corrected chi connectivity index (χ3v) is 5.77. The summed E-state index contributed by atoms with van der Waals surface area (Å²) in [5, 5.41) is 7.76. The standard InChI is InChI=1S/C21H30N6O2/c1-4-8-27-15(3)19(14(2)25-27)20(28)23-17-6-5-9-26(12-17)21-22-11-16-13-29-10-7-18(16)24-21/h11,17H,4-10,12-13H2,1-3H3,(H,23,28)/t17-/m1/s1. The van der Waals surface area contributed by atoms with Gasteiger partial charge < -0.3 is 15.0 Å². The molecule has 4 heterocycles. The Morgan fingerprint density at radius 1 is 1.38 bits per heavy atom. The second-order valence-electron chi connectivity index (χ2n) is 7.97. The maximum atomic E-state index is 13.0. The van der Waals surface area contributed by atoms with Crippen molar-refractivity contribution in [3.63, 3.8) is 0 Å². The molecule has 4 rings (SSSR count). The molecule has 1 amide bonds. The second kappa shape index (κ2) is 8.49. The van der Waals surface area contributed by atoms with Crippen molar-refractivity contribution in [1.82, 2.24) is 25.1 Å². The molecule has 156 valence electrons. The Bertz CT molecular complexity index is 894. The molecule has 1 N–H and O–H groups in total. The minimum absolute atomic E-state index is 0.0299. The van der Waals surface area contributed by atoms with Gasteiger partial charge in [-0.3, -0.25) is 9.48 Å². The van der Waals surface area contributed by atoms with E-state index in [-0.39, 0.29) is 11.9 Å². The van der Waals surface area contributed by atoms with E-state index in [2.05, 4.69) is 27.2 Å². The lowest BCUT2D eigenvalue weighted by molar-refractivity contribution is 0.0931. The van der Waals surface area contributed by atoms with Crippen molar-refractivity contribution in [3.8, 4) is 0 Å². The molecule has 2 aromatic rings. The van der Waals surface area contributed by atoms with Gasteiger partial charge in [0, 0.05) is 49.6 Å². The molecule has 0 aliphatic carbocycles. The third-order valence-electron chi connectivity index (χ3n) is 5.77. The normalized spacial score (nSPS) is 19.1. The number of aryl methyl sites for hydroxylation is 2. The highest BCUT2D eigenvalue weighted by Crippen LogP contribution is 2.21. The maximum Gasteiger partial charge on any atom is 0.255 e. The average molecular weight is 399 g/mol. The van der Waals surface area contributed by atoms with Crippen molar-refractivity contribution in [1.29, 1.82) is 0 Å². The van der Waals surface area contributed by atoms with E-state index in [0.717, 1.165) is 73.9 Å². The van der Waals surface area contributed by atoms with Crippen LogP contribution < -0.4 is 10.2 Å². The highest BCUT2D eigenvalue weighted by molar-refractivity contribution is 5.96. The fraction of sp³-hybridized carbons (Fsp3) is 0.619. The van der Waals surface area contributed by atoms with E-state index in [9.17, 15) is 4.79 Å². The van der Waals surface area contributed by atoms with Crippen LogP contribution in [0.4, 0.5) is 5.95 Å². The molecule has 0 aromatic carbocycles. The Hall–Kier alpha value is -2.48. The van der Waals surface area contributed by atoms with Crippen LogP contribution in [0.5, 0.6) is 0 Å². The Labute approximate surface area is 171 Å². The maximum absolute atomic E-state index is 13.0. The van der Waals surface area contributed by atoms with Crippen LogP contribution in [0.1, 0.15) is 59.2 Å². The number of nitrogens with one attached hydrogen (secondary N) is 1. The van der Waals surface area contributed by atoms with E-state index in [1.54, 1.807) is 0 Å². The molecular formula is C21H30N6O2. The average Bonchev–Trinajstić information content (AvgIpc) is 3.01. The van der Waals surface area contributed by atoms with Crippen LogP contribution in [0.3, 0.4) is 0 Å². The number of fused-ring (bicyclic) bond motifs is 1. The lowest BCUT2D eigenvalue weighted by Gasteiger charge is -2.33. The quantitative estimate of drug-likeness (QED) is 0.831. The third kappa shape index (κ3) is 4.12. The van der Waals surface area contributed by atoms with Crippen LogP contribution in [-0.2, 0) is 24.3 Å². The van der Waals surface area contributed by atoms with Gasteiger partial charge in [0.2, 0.25) is 5.95 Å². The van der Waals surface area contributed by atoms with E-state index in [1.165, 1.54) is 0 Å². The van der Waals surface area contributed by atoms with Crippen molar-refractivity contribution in [3.05, 3.63) is 34.4 Å². The number of anilines is 1. The van der Waals surface area contributed by atoms with Gasteiger partial charge in [-0.05, 0) is 33.1 Å². The number of ether oxygens (including phenoxy) is 1. The summed E-state index contributed by atoms with van der Waals surface area (Å²) in [4.78, 5) is 24.5. The number of hydrogen-bond donors (Lipinski definition) is 1. The number of amides is 1. The molecule has 8 nitrogen and oxygen atoms in total. The number of rotatable bonds is 5. The van der Waals surface area contributed by atoms with E-state index < -0.39 is 0 Å². The van der Waals surface area contributed by atoms with E-state index >= 15 is 0 Å². The predicted octanol–water partition coefficient (Wildman–Crippen LogP) is 2.17. The van der Waals surface area contributed by atoms with Gasteiger partial charge in [0.1, 0.15) is 0 Å². The van der Waals surface area contributed by atoms with Gasteiger partial charge >= 0.3 is 0 Å². The first-order chi connectivity index (χ1) is 14.1. The van der Waals surface area contributed by atoms with E-state index in [0.29, 0.717) is 18.8 Å². The van der Waals surface area contributed by atoms with Crippen LogP contribution >= 0.6 is 0 Å². The number of carbonyl (C=O) groups excluding carboxylic acids is 1. The Morgan fingerprint density at radius 2 is 2.24 bits per heavy atom. The summed E-state index contributed by atoms with van der Waals surface area (Å²) in [5.41, 5.74) is 4.61. The number of aromatic nitrogens is 4. The van der Waals surface area contributed by atoms with Crippen molar-refractivity contribution >= 4 is 11.9 Å². The number of nitrogens with zero attached hydrogens (tertiary/aromatic N) is 5. The van der Waals surface area contributed by atoms with Gasteiger partial charge in [-0.15, -0.1) is 0 Å². The molecule has 0 bridgehead atoms. The monoisotopic (exact) mass is 398 g/mol. The van der Waals surface area contributed by atoms with Crippen LogP contribution in [0.15, 0.2) is 6.20 Å². The summed E-state index contributed by atoms with van der Waals surface area (Å²) >= 11 is 0. The van der Waals surface area contributed by atoms with Crippen molar-refractivity contribution in [2.24, 2.45) is 0 Å². The summed E-state index contributed by atoms with van der Waals surface area (Å²) in [6.45, 7) is 9.77. The largest absolute Gasteiger partial charge is 0.376 e. The zero-order valence-electron chi connectivity index (χ0n) is 17.6. The van der Waals surface area contributed by atoms with Gasteiger partial charge in [0.15, 0.2) is 0 Å². The van der Waals surface area contributed by atoms with Gasteiger partial charge in [-0.25, -0.2) is 9.97 Å². The Kier molecular flexibility index (Phi) is 5.80. The molecular weight excluding hydrogens is 368 g/mol. The molecule has 1 saturated heterocycles. The Balaban J connectivity index is 1.45. The lowest BCUT2D eigenvalue weighted by Crippen LogP contribution is -2.48. The summed E-state index contributed by atoms with van der Waals surface area (Å²) in [5.74, 6) is 0.727. The molecule has 2 aromatic heterocycles. The van der Waals surface area contributed by atoms with E-state index in [4.69, 9.17) is 9.72 Å². The van der Waals surface area contributed by atoms with Crippen LogP contribution in [0, 0.1) is 13.8 Å². The first-order valence-electron chi connectivity index (χ1n) is 10.6. The van der Waals surface area contributed by atoms with Crippen LogP contribution in [-0.4, -0.2) is 51.4 Å². The molecule has 8 heteroatoms. The summed E-state index contributed by atoms with van der Waals surface area (Å²) in [6.07, 6.45) is 5.67. The fourth-order valence-electron chi connectivity index (χ4n) is 4.26. The fourth-order valence-corrected chi connectivity index (χ4v) is 4.26. The molecule has 2 aliphatic rings. The highest BCUT2D eigenvalue weighted by atomic mass is 16.5. The zero-order chi connectivity index (χ0) is 20.4. The van der Waals surface area contributed by atoms with Crippen molar-refractivity contribution < 1.29 is 9.53 Å². The second-order valence-corrected chi connectivity index (χ2v) is 7.97. The summed E-state index contributed by atoms with van der Waals surface area (Å²) in [6, 6.07) is 0.0764. The molecule has 0 radical (unpaired) electrons. The van der Waals surface area contributed by atoms with Gasteiger partial charge in [-0.1, -0.05) is 6.92 Å². The molecule has 2 aliphatic heterocycles. The number of carbonyl (C=O) groups is 1. The smallest absolute Gasteiger partial charge is 0.255 e.